The van der Waals surface area contributed by atoms with Crippen LogP contribution in [-0.2, 0) is 0 Å². The molecule has 7 nitrogen and oxygen atoms in total. The summed E-state index contributed by atoms with van der Waals surface area (Å²) in [4.78, 5) is 22.7. The highest BCUT2D eigenvalue weighted by molar-refractivity contribution is 9.10. The third kappa shape index (κ3) is 4.57. The first kappa shape index (κ1) is 18.7. The van der Waals surface area contributed by atoms with Crippen LogP contribution in [0.15, 0.2) is 69.6 Å². The van der Waals surface area contributed by atoms with Crippen molar-refractivity contribution in [2.24, 2.45) is 0 Å². The predicted molar refractivity (Wildman–Crippen MR) is 109 cm³/mol. The summed E-state index contributed by atoms with van der Waals surface area (Å²) < 4.78 is 6.31. The molecule has 0 unspecified atom stereocenters. The minimum Gasteiger partial charge on any atom is -0.451 e. The third-order valence-electron chi connectivity index (χ3n) is 3.52. The van der Waals surface area contributed by atoms with Crippen molar-refractivity contribution >= 4 is 50.5 Å². The maximum Gasteiger partial charge on any atom is 0.293 e. The van der Waals surface area contributed by atoms with E-state index in [1.165, 1.54) is 18.2 Å². The van der Waals surface area contributed by atoms with E-state index in [0.29, 0.717) is 17.0 Å². The zero-order valence-corrected chi connectivity index (χ0v) is 16.0. The van der Waals surface area contributed by atoms with Crippen molar-refractivity contribution in [2.75, 3.05) is 5.32 Å². The number of carbonyl (C=O) groups is 1. The zero-order valence-electron chi connectivity index (χ0n) is 13.6. The average molecular weight is 446 g/mol. The van der Waals surface area contributed by atoms with Crippen molar-refractivity contribution in [3.8, 4) is 11.3 Å². The first-order valence-corrected chi connectivity index (χ1v) is 8.85. The van der Waals surface area contributed by atoms with Crippen LogP contribution in [0.5, 0.6) is 0 Å². The van der Waals surface area contributed by atoms with Gasteiger partial charge in [0, 0.05) is 22.2 Å². The molecule has 0 aliphatic carbocycles. The van der Waals surface area contributed by atoms with Gasteiger partial charge in [-0.3, -0.25) is 20.2 Å². The van der Waals surface area contributed by atoms with Gasteiger partial charge in [0.25, 0.3) is 11.6 Å². The van der Waals surface area contributed by atoms with Crippen molar-refractivity contribution in [3.05, 3.63) is 81.0 Å². The summed E-state index contributed by atoms with van der Waals surface area (Å²) >= 11 is 8.52. The molecule has 0 atom stereocenters. The van der Waals surface area contributed by atoms with E-state index < -0.39 is 10.8 Å². The fourth-order valence-corrected chi connectivity index (χ4v) is 2.86. The second-order valence-corrected chi connectivity index (χ2v) is 6.62. The number of hydrogen-bond acceptors (Lipinski definition) is 5. The molecule has 136 valence electrons. The van der Waals surface area contributed by atoms with E-state index >= 15 is 0 Å². The Balaban J connectivity index is 1.70. The zero-order chi connectivity index (χ0) is 19.4. The van der Waals surface area contributed by atoms with E-state index in [2.05, 4.69) is 26.6 Å². The van der Waals surface area contributed by atoms with Crippen LogP contribution in [-0.4, -0.2) is 15.9 Å². The lowest BCUT2D eigenvalue weighted by molar-refractivity contribution is -0.384. The van der Waals surface area contributed by atoms with Crippen LogP contribution in [0, 0.1) is 10.1 Å². The summed E-state index contributed by atoms with van der Waals surface area (Å²) in [7, 11) is 0. The number of nitrogens with one attached hydrogen (secondary N) is 2. The summed E-state index contributed by atoms with van der Waals surface area (Å²) in [6.07, 6.45) is 0. The van der Waals surface area contributed by atoms with Crippen LogP contribution in [0.1, 0.15) is 10.6 Å². The lowest BCUT2D eigenvalue weighted by Gasteiger charge is -2.09. The van der Waals surface area contributed by atoms with Crippen LogP contribution in [0.2, 0.25) is 0 Å². The fraction of sp³-hybridized carbons (Fsp3) is 0. The Kier molecular flexibility index (Phi) is 5.63. The quantitative estimate of drug-likeness (QED) is 0.341. The molecule has 0 bridgehead atoms. The Morgan fingerprint density at radius 2 is 1.89 bits per heavy atom. The number of hydrogen-bond donors (Lipinski definition) is 2. The van der Waals surface area contributed by atoms with Gasteiger partial charge in [0.15, 0.2) is 10.9 Å². The molecule has 1 aromatic heterocycles. The Morgan fingerprint density at radius 1 is 1.11 bits per heavy atom. The number of halogens is 1. The second kappa shape index (κ2) is 8.11. The van der Waals surface area contributed by atoms with Crippen molar-refractivity contribution in [2.45, 2.75) is 0 Å². The van der Waals surface area contributed by atoms with Crippen LogP contribution in [0.25, 0.3) is 11.3 Å². The standard InChI is InChI=1S/C18H12BrN3O4S/c19-13-6-1-2-7-14(13)20-18(27)21-17(23)16-9-8-15(26-16)11-4-3-5-12(10-11)22(24)25/h1-10H,(H2,20,21,23,27). The monoisotopic (exact) mass is 445 g/mol. The first-order valence-electron chi connectivity index (χ1n) is 7.65. The Morgan fingerprint density at radius 3 is 2.63 bits per heavy atom. The van der Waals surface area contributed by atoms with Gasteiger partial charge in [0.2, 0.25) is 0 Å². The molecule has 9 heteroatoms. The van der Waals surface area contributed by atoms with Crippen LogP contribution in [0.4, 0.5) is 11.4 Å². The van der Waals surface area contributed by atoms with Gasteiger partial charge in [0.1, 0.15) is 5.76 Å². The topological polar surface area (TPSA) is 97.4 Å². The molecule has 2 aromatic carbocycles. The highest BCUT2D eigenvalue weighted by atomic mass is 79.9. The summed E-state index contributed by atoms with van der Waals surface area (Å²) in [5.41, 5.74) is 1.14. The molecule has 27 heavy (non-hydrogen) atoms. The van der Waals surface area contributed by atoms with Gasteiger partial charge in [-0.2, -0.15) is 0 Å². The Hall–Kier alpha value is -3.04. The molecule has 3 aromatic rings. The molecule has 2 N–H and O–H groups in total. The van der Waals surface area contributed by atoms with E-state index in [0.717, 1.165) is 4.47 Å². The first-order chi connectivity index (χ1) is 12.9. The second-order valence-electron chi connectivity index (χ2n) is 5.36. The SMILES string of the molecule is O=C(NC(=S)Nc1ccccc1Br)c1ccc(-c2cccc([N+](=O)[O-])c2)o1. The molecule has 1 heterocycles. The van der Waals surface area contributed by atoms with Gasteiger partial charge in [-0.1, -0.05) is 24.3 Å². The van der Waals surface area contributed by atoms with E-state index in [1.54, 1.807) is 24.3 Å². The largest absolute Gasteiger partial charge is 0.451 e. The number of anilines is 1. The number of para-hydroxylation sites is 1. The highest BCUT2D eigenvalue weighted by Gasteiger charge is 2.15. The minimum absolute atomic E-state index is 0.0350. The normalized spacial score (nSPS) is 10.3. The molecule has 1 amide bonds. The number of nitro benzene ring substituents is 1. The molecular weight excluding hydrogens is 434 g/mol. The van der Waals surface area contributed by atoms with Gasteiger partial charge in [0.05, 0.1) is 10.6 Å². The van der Waals surface area contributed by atoms with E-state index in [-0.39, 0.29) is 16.6 Å². The minimum atomic E-state index is -0.531. The molecule has 0 saturated carbocycles. The Bertz CT molecular complexity index is 1030. The number of rotatable bonds is 4. The summed E-state index contributed by atoms with van der Waals surface area (Å²) in [6.45, 7) is 0. The fourth-order valence-electron chi connectivity index (χ4n) is 2.27. The third-order valence-corrected chi connectivity index (χ3v) is 4.42. The number of amides is 1. The molecule has 0 aliphatic rings. The van der Waals surface area contributed by atoms with Crippen LogP contribution >= 0.6 is 28.1 Å². The van der Waals surface area contributed by atoms with E-state index in [1.807, 2.05) is 18.2 Å². The molecule has 0 radical (unpaired) electrons. The van der Waals surface area contributed by atoms with Crippen LogP contribution < -0.4 is 10.6 Å². The summed E-state index contributed by atoms with van der Waals surface area (Å²) in [5.74, 6) is -0.155. The number of nitrogens with zero attached hydrogens (tertiary/aromatic N) is 1. The predicted octanol–water partition coefficient (Wildman–Crippen LogP) is 4.74. The van der Waals surface area contributed by atoms with Gasteiger partial charge < -0.3 is 9.73 Å². The lowest BCUT2D eigenvalue weighted by Crippen LogP contribution is -2.33. The average Bonchev–Trinajstić information content (AvgIpc) is 3.14. The number of non-ortho nitro benzene ring substituents is 1. The number of thiocarbonyl (C=S) groups is 1. The molecule has 0 fully saturated rings. The van der Waals surface area contributed by atoms with Crippen molar-refractivity contribution in [1.29, 1.82) is 0 Å². The highest BCUT2D eigenvalue weighted by Crippen LogP contribution is 2.26. The number of benzene rings is 2. The van der Waals surface area contributed by atoms with Crippen LogP contribution in [0.3, 0.4) is 0 Å². The lowest BCUT2D eigenvalue weighted by atomic mass is 10.1. The smallest absolute Gasteiger partial charge is 0.293 e. The maximum absolute atomic E-state index is 12.3. The van der Waals surface area contributed by atoms with Crippen molar-refractivity contribution in [1.82, 2.24) is 5.32 Å². The molecule has 0 aliphatic heterocycles. The molecule has 3 rings (SSSR count). The van der Waals surface area contributed by atoms with Gasteiger partial charge in [-0.15, -0.1) is 0 Å². The molecule has 0 saturated heterocycles. The number of carbonyl (C=O) groups excluding carboxylic acids is 1. The van der Waals surface area contributed by atoms with Gasteiger partial charge >= 0.3 is 0 Å². The Labute approximate surface area is 167 Å². The summed E-state index contributed by atoms with van der Waals surface area (Å²) in [6, 6.07) is 16.3. The van der Waals surface area contributed by atoms with Gasteiger partial charge in [-0.05, 0) is 52.4 Å². The number of nitro groups is 1. The van der Waals surface area contributed by atoms with Crippen molar-refractivity contribution in [3.63, 3.8) is 0 Å². The maximum atomic E-state index is 12.3. The van der Waals surface area contributed by atoms with Gasteiger partial charge in [-0.25, -0.2) is 0 Å². The molecular formula is C18H12BrN3O4S. The van der Waals surface area contributed by atoms with E-state index in [9.17, 15) is 14.9 Å². The summed E-state index contributed by atoms with van der Waals surface area (Å²) in [5, 5.41) is 16.4. The van der Waals surface area contributed by atoms with Crippen molar-refractivity contribution < 1.29 is 14.1 Å². The van der Waals surface area contributed by atoms with E-state index in [4.69, 9.17) is 16.6 Å². The molecule has 0 spiro atoms. The number of furan rings is 1.